The van der Waals surface area contributed by atoms with Crippen molar-refractivity contribution in [3.05, 3.63) is 17.7 Å². The Balaban J connectivity index is 2.94. The van der Waals surface area contributed by atoms with E-state index in [1.807, 2.05) is 6.92 Å². The summed E-state index contributed by atoms with van der Waals surface area (Å²) in [5, 5.41) is 2.85. The minimum Gasteiger partial charge on any atom is -0.496 e. The molecular formula is C14H20BrNO4. The summed E-state index contributed by atoms with van der Waals surface area (Å²) in [7, 11) is 4.57. The van der Waals surface area contributed by atoms with Gasteiger partial charge in [-0.25, -0.2) is 0 Å². The Hall–Kier alpha value is -1.43. The van der Waals surface area contributed by atoms with Gasteiger partial charge in [0.2, 0.25) is 0 Å². The third-order valence-corrected chi connectivity index (χ3v) is 3.24. The number of ether oxygens (including phenoxy) is 3. The maximum absolute atomic E-state index is 12.2. The second-order valence-corrected chi connectivity index (χ2v) is 5.80. The van der Waals surface area contributed by atoms with Gasteiger partial charge in [0.15, 0.2) is 11.5 Å². The highest BCUT2D eigenvalue weighted by molar-refractivity contribution is 9.09. The van der Waals surface area contributed by atoms with Crippen molar-refractivity contribution in [1.82, 2.24) is 5.32 Å². The molecule has 0 saturated carbocycles. The molecule has 0 radical (unpaired) electrons. The Bertz CT molecular complexity index is 463. The molecule has 1 unspecified atom stereocenters. The third kappa shape index (κ3) is 4.30. The Kier molecular flexibility index (Phi) is 6.64. The Morgan fingerprint density at radius 3 is 2.20 bits per heavy atom. The summed E-state index contributed by atoms with van der Waals surface area (Å²) < 4.78 is 15.6. The first-order valence-electron chi connectivity index (χ1n) is 6.25. The molecule has 112 valence electrons. The summed E-state index contributed by atoms with van der Waals surface area (Å²) in [5.74, 6) is 1.27. The molecule has 0 spiro atoms. The van der Waals surface area contributed by atoms with E-state index in [-0.39, 0.29) is 5.91 Å². The van der Waals surface area contributed by atoms with Crippen LogP contribution in [0.25, 0.3) is 0 Å². The van der Waals surface area contributed by atoms with Gasteiger partial charge in [-0.3, -0.25) is 4.79 Å². The van der Waals surface area contributed by atoms with Crippen LogP contribution >= 0.6 is 15.9 Å². The van der Waals surface area contributed by atoms with Gasteiger partial charge in [0.1, 0.15) is 5.75 Å². The largest absolute Gasteiger partial charge is 0.496 e. The minimum absolute atomic E-state index is 0.198. The Morgan fingerprint density at radius 2 is 1.70 bits per heavy atom. The zero-order chi connectivity index (χ0) is 15.1. The van der Waals surface area contributed by atoms with Crippen molar-refractivity contribution < 1.29 is 19.0 Å². The van der Waals surface area contributed by atoms with Gasteiger partial charge in [0, 0.05) is 23.5 Å². The third-order valence-electron chi connectivity index (χ3n) is 2.78. The molecule has 0 fully saturated rings. The molecule has 0 aliphatic rings. The number of carbonyl (C=O) groups is 1. The fourth-order valence-corrected chi connectivity index (χ4v) is 1.92. The first-order chi connectivity index (χ1) is 9.53. The van der Waals surface area contributed by atoms with Gasteiger partial charge in [0.05, 0.1) is 26.9 Å². The first-order valence-corrected chi connectivity index (χ1v) is 7.17. The van der Waals surface area contributed by atoms with Crippen molar-refractivity contribution >= 4 is 21.8 Å². The summed E-state index contributed by atoms with van der Waals surface area (Å²) >= 11 is 3.44. The van der Waals surface area contributed by atoms with Crippen LogP contribution in [0.2, 0.25) is 0 Å². The number of carbonyl (C=O) groups excluding carboxylic acids is 1. The maximum Gasteiger partial charge on any atom is 0.255 e. The van der Waals surface area contributed by atoms with Crippen LogP contribution in [0.15, 0.2) is 12.1 Å². The molecule has 1 atom stereocenters. The van der Waals surface area contributed by atoms with Gasteiger partial charge < -0.3 is 19.5 Å². The molecule has 1 aromatic rings. The van der Waals surface area contributed by atoms with E-state index < -0.39 is 0 Å². The van der Waals surface area contributed by atoms with Crippen LogP contribution in [0, 0.1) is 0 Å². The normalized spacial score (nSPS) is 11.7. The molecule has 0 aliphatic carbocycles. The highest BCUT2D eigenvalue weighted by Crippen LogP contribution is 2.34. The van der Waals surface area contributed by atoms with Crippen LogP contribution in [0.1, 0.15) is 23.7 Å². The van der Waals surface area contributed by atoms with Gasteiger partial charge in [-0.05, 0) is 6.42 Å². The summed E-state index contributed by atoms with van der Waals surface area (Å²) in [5.41, 5.74) is 0.423. The SMILES string of the molecule is COc1cc(OC)c(C(=O)NCCC(C)Br)cc1OC. The molecule has 1 N–H and O–H groups in total. The monoisotopic (exact) mass is 345 g/mol. The lowest BCUT2D eigenvalue weighted by Gasteiger charge is -2.14. The van der Waals surface area contributed by atoms with Crippen molar-refractivity contribution in [3.8, 4) is 17.2 Å². The van der Waals surface area contributed by atoms with E-state index in [9.17, 15) is 4.79 Å². The molecule has 0 aromatic heterocycles. The lowest BCUT2D eigenvalue weighted by molar-refractivity contribution is 0.0950. The second-order valence-electron chi connectivity index (χ2n) is 4.23. The van der Waals surface area contributed by atoms with E-state index in [1.54, 1.807) is 12.1 Å². The fourth-order valence-electron chi connectivity index (χ4n) is 1.69. The summed E-state index contributed by atoms with van der Waals surface area (Å²) in [6, 6.07) is 3.26. The van der Waals surface area contributed by atoms with Crippen LogP contribution in [0.5, 0.6) is 17.2 Å². The zero-order valence-electron chi connectivity index (χ0n) is 12.2. The van der Waals surface area contributed by atoms with Crippen LogP contribution in [-0.4, -0.2) is 38.6 Å². The van der Waals surface area contributed by atoms with Crippen LogP contribution < -0.4 is 19.5 Å². The maximum atomic E-state index is 12.2. The number of hydrogen-bond donors (Lipinski definition) is 1. The van der Waals surface area contributed by atoms with E-state index in [0.29, 0.717) is 34.2 Å². The highest BCUT2D eigenvalue weighted by atomic mass is 79.9. The number of amides is 1. The van der Waals surface area contributed by atoms with Crippen molar-refractivity contribution in [2.75, 3.05) is 27.9 Å². The highest BCUT2D eigenvalue weighted by Gasteiger charge is 2.17. The van der Waals surface area contributed by atoms with E-state index in [2.05, 4.69) is 21.2 Å². The van der Waals surface area contributed by atoms with E-state index >= 15 is 0 Å². The molecule has 0 bridgehead atoms. The number of nitrogens with one attached hydrogen (secondary N) is 1. The fraction of sp³-hybridized carbons (Fsp3) is 0.500. The van der Waals surface area contributed by atoms with E-state index in [4.69, 9.17) is 14.2 Å². The number of halogens is 1. The van der Waals surface area contributed by atoms with Crippen molar-refractivity contribution in [2.45, 2.75) is 18.2 Å². The molecule has 0 saturated heterocycles. The van der Waals surface area contributed by atoms with Crippen LogP contribution in [-0.2, 0) is 0 Å². The topological polar surface area (TPSA) is 56.8 Å². The Labute approximate surface area is 127 Å². The van der Waals surface area contributed by atoms with Gasteiger partial charge in [0.25, 0.3) is 5.91 Å². The predicted molar refractivity (Wildman–Crippen MR) is 81.4 cm³/mol. The number of hydrogen-bond acceptors (Lipinski definition) is 4. The van der Waals surface area contributed by atoms with Crippen molar-refractivity contribution in [3.63, 3.8) is 0 Å². The number of benzene rings is 1. The van der Waals surface area contributed by atoms with Gasteiger partial charge in [-0.2, -0.15) is 0 Å². The molecular weight excluding hydrogens is 326 g/mol. The molecule has 1 rings (SSSR count). The average Bonchev–Trinajstić information content (AvgIpc) is 2.45. The summed E-state index contributed by atoms with van der Waals surface area (Å²) in [6.45, 7) is 2.62. The summed E-state index contributed by atoms with van der Waals surface area (Å²) in [4.78, 5) is 12.5. The first kappa shape index (κ1) is 16.6. The molecule has 1 aromatic carbocycles. The van der Waals surface area contributed by atoms with Crippen molar-refractivity contribution in [1.29, 1.82) is 0 Å². The molecule has 20 heavy (non-hydrogen) atoms. The quantitative estimate of drug-likeness (QED) is 0.771. The lowest BCUT2D eigenvalue weighted by atomic mass is 10.1. The standard InChI is InChI=1S/C14H20BrNO4/c1-9(15)5-6-16-14(17)10-7-12(19-3)13(20-4)8-11(10)18-2/h7-9H,5-6H2,1-4H3,(H,16,17). The van der Waals surface area contributed by atoms with E-state index in [0.717, 1.165) is 6.42 Å². The predicted octanol–water partition coefficient (Wildman–Crippen LogP) is 2.62. The van der Waals surface area contributed by atoms with Crippen LogP contribution in [0.4, 0.5) is 0 Å². The number of alkyl halides is 1. The molecule has 0 heterocycles. The van der Waals surface area contributed by atoms with Crippen LogP contribution in [0.3, 0.4) is 0 Å². The molecule has 6 heteroatoms. The molecule has 1 amide bonds. The number of rotatable bonds is 7. The Morgan fingerprint density at radius 1 is 1.15 bits per heavy atom. The minimum atomic E-state index is -0.198. The van der Waals surface area contributed by atoms with Crippen molar-refractivity contribution in [2.24, 2.45) is 0 Å². The van der Waals surface area contributed by atoms with E-state index in [1.165, 1.54) is 21.3 Å². The van der Waals surface area contributed by atoms with Gasteiger partial charge in [-0.1, -0.05) is 22.9 Å². The smallest absolute Gasteiger partial charge is 0.255 e. The van der Waals surface area contributed by atoms with Gasteiger partial charge >= 0.3 is 0 Å². The zero-order valence-corrected chi connectivity index (χ0v) is 13.7. The number of methoxy groups -OCH3 is 3. The summed E-state index contributed by atoms with van der Waals surface area (Å²) in [6.07, 6.45) is 0.849. The lowest BCUT2D eigenvalue weighted by Crippen LogP contribution is -2.26. The molecule has 5 nitrogen and oxygen atoms in total. The molecule has 0 aliphatic heterocycles. The van der Waals surface area contributed by atoms with Gasteiger partial charge in [-0.15, -0.1) is 0 Å². The average molecular weight is 346 g/mol. The second kappa shape index (κ2) is 7.99.